The van der Waals surface area contributed by atoms with Crippen molar-refractivity contribution in [1.82, 2.24) is 0 Å². The third kappa shape index (κ3) is 5.24. The van der Waals surface area contributed by atoms with E-state index in [4.69, 9.17) is 0 Å². The van der Waals surface area contributed by atoms with Gasteiger partial charge < -0.3 is 9.80 Å². The molecular weight excluding hydrogens is 840 g/mol. The lowest BCUT2D eigenvalue weighted by Gasteiger charge is -2.43. The lowest BCUT2D eigenvalue weighted by Crippen LogP contribution is -2.60. The Balaban J connectivity index is 1.10. The number of nitrogens with zero attached hydrogens (tertiary/aromatic N) is 2. The quantitative estimate of drug-likeness (QED) is 0.163. The number of fused-ring (bicyclic) bond motifs is 16. The zero-order valence-electron chi connectivity index (χ0n) is 39.3. The molecule has 3 heterocycles. The number of thiophene rings is 1. The maximum atomic E-state index is 2.62. The Morgan fingerprint density at radius 3 is 1.82 bits per heavy atom. The van der Waals surface area contributed by atoms with Gasteiger partial charge in [0.15, 0.2) is 0 Å². The van der Waals surface area contributed by atoms with Crippen LogP contribution in [0.15, 0.2) is 182 Å². The molecule has 324 valence electrons. The van der Waals surface area contributed by atoms with Gasteiger partial charge in [-0.05, 0) is 177 Å². The Bertz CT molecular complexity index is 3720. The number of aryl methyl sites for hydroxylation is 4. The van der Waals surface area contributed by atoms with E-state index in [-0.39, 0.29) is 6.71 Å². The SMILES string of the molecule is Cc1ccc(N2c3cc(C)cc4c3B(c3ccc(-c5c(C)cccc5C)cc3N4c3ccccc3)c3sc4cc5c(cc4c32)-c2ccc(C(C)C)cc2C52c3ccccc3-c3ccccc32)cc1. The average molecular weight is 889 g/mol. The Kier molecular flexibility index (Phi) is 8.36. The zero-order chi connectivity index (χ0) is 45.7. The normalized spacial score (nSPS) is 14.2. The van der Waals surface area contributed by atoms with Crippen LogP contribution in [0, 0.1) is 27.7 Å². The van der Waals surface area contributed by atoms with E-state index in [1.54, 1.807) is 0 Å². The maximum Gasteiger partial charge on any atom is 0.264 e. The molecule has 0 bridgehead atoms. The lowest BCUT2D eigenvalue weighted by atomic mass is 9.36. The van der Waals surface area contributed by atoms with Crippen LogP contribution >= 0.6 is 11.3 Å². The van der Waals surface area contributed by atoms with Crippen LogP contribution in [0.4, 0.5) is 34.1 Å². The standard InChI is InChI=1S/C64H49BN2S/c1-37(2)42-25-29-48-49-35-50-59(36-54(49)64(53(48)33-42)51-21-12-10-19-46(51)47-20-11-13-22-52(47)64)68-63-62(50)67(45-27-23-38(3)24-28-45)58-32-39(4)31-57-61(58)65(63)55-30-26-43(60-40(5)15-14-16-41(60)6)34-56(55)66(57)44-17-8-7-9-18-44/h7-37H,1-6H3. The number of para-hydroxylation sites is 1. The Hall–Kier alpha value is -7.40. The summed E-state index contributed by atoms with van der Waals surface area (Å²) < 4.78 is 2.72. The first-order valence-corrected chi connectivity index (χ1v) is 25.0. The van der Waals surface area contributed by atoms with Crippen molar-refractivity contribution in [3.8, 4) is 33.4 Å². The Labute approximate surface area is 403 Å². The predicted octanol–water partition coefficient (Wildman–Crippen LogP) is 15.4. The van der Waals surface area contributed by atoms with Crippen LogP contribution in [0.25, 0.3) is 43.5 Å². The predicted molar refractivity (Wildman–Crippen MR) is 291 cm³/mol. The maximum absolute atomic E-state index is 2.62. The molecule has 2 aliphatic heterocycles. The second-order valence-corrected chi connectivity index (χ2v) is 21.1. The lowest BCUT2D eigenvalue weighted by molar-refractivity contribution is 0.785. The van der Waals surface area contributed by atoms with Gasteiger partial charge in [-0.1, -0.05) is 147 Å². The highest BCUT2D eigenvalue weighted by Gasteiger charge is 2.53. The Morgan fingerprint density at radius 1 is 0.485 bits per heavy atom. The minimum atomic E-state index is -0.428. The Morgan fingerprint density at radius 2 is 1.12 bits per heavy atom. The van der Waals surface area contributed by atoms with Crippen LogP contribution in [0.3, 0.4) is 0 Å². The molecule has 2 nitrogen and oxygen atoms in total. The fourth-order valence-corrected chi connectivity index (χ4v) is 14.2. The fourth-order valence-electron chi connectivity index (χ4n) is 12.9. The van der Waals surface area contributed by atoms with E-state index < -0.39 is 5.41 Å². The first-order valence-electron chi connectivity index (χ1n) is 24.2. The van der Waals surface area contributed by atoms with Crippen molar-refractivity contribution in [2.75, 3.05) is 9.80 Å². The van der Waals surface area contributed by atoms with E-state index >= 15 is 0 Å². The fraction of sp³-hybridized carbons (Fsp3) is 0.125. The van der Waals surface area contributed by atoms with Gasteiger partial charge in [-0.25, -0.2) is 0 Å². The number of anilines is 6. The molecule has 10 aromatic rings. The van der Waals surface area contributed by atoms with E-state index in [2.05, 4.69) is 233 Å². The summed E-state index contributed by atoms with van der Waals surface area (Å²) in [6.45, 7) is 13.6. The van der Waals surface area contributed by atoms with E-state index in [9.17, 15) is 0 Å². The first kappa shape index (κ1) is 39.7. The monoisotopic (exact) mass is 888 g/mol. The average Bonchev–Trinajstić information content (AvgIpc) is 3.97. The van der Waals surface area contributed by atoms with Gasteiger partial charge in [0.2, 0.25) is 0 Å². The van der Waals surface area contributed by atoms with Crippen molar-refractivity contribution < 1.29 is 0 Å². The number of rotatable bonds is 4. The van der Waals surface area contributed by atoms with Gasteiger partial charge in [0.05, 0.1) is 11.1 Å². The molecule has 2 aliphatic carbocycles. The van der Waals surface area contributed by atoms with E-state index in [1.807, 2.05) is 11.3 Å². The summed E-state index contributed by atoms with van der Waals surface area (Å²) >= 11 is 2.01. The smallest absolute Gasteiger partial charge is 0.264 e. The summed E-state index contributed by atoms with van der Waals surface area (Å²) in [4.78, 5) is 5.17. The van der Waals surface area contributed by atoms with Gasteiger partial charge in [-0.2, -0.15) is 0 Å². The summed E-state index contributed by atoms with van der Waals surface area (Å²) in [6, 6.07) is 70.2. The van der Waals surface area contributed by atoms with Gasteiger partial charge in [-0.15, -0.1) is 11.3 Å². The topological polar surface area (TPSA) is 6.48 Å². The molecule has 0 amide bonds. The minimum Gasteiger partial charge on any atom is -0.311 e. The van der Waals surface area contributed by atoms with E-state index in [0.717, 1.165) is 0 Å². The van der Waals surface area contributed by atoms with Crippen LogP contribution in [0.1, 0.15) is 69.8 Å². The van der Waals surface area contributed by atoms with Crippen molar-refractivity contribution in [2.45, 2.75) is 52.9 Å². The van der Waals surface area contributed by atoms with Crippen molar-refractivity contribution in [3.05, 3.63) is 232 Å². The summed E-state index contributed by atoms with van der Waals surface area (Å²) in [5.41, 5.74) is 29.7. The zero-order valence-corrected chi connectivity index (χ0v) is 40.1. The number of hydrogen-bond acceptors (Lipinski definition) is 3. The van der Waals surface area contributed by atoms with Crippen LogP contribution in [-0.4, -0.2) is 6.71 Å². The highest BCUT2D eigenvalue weighted by molar-refractivity contribution is 7.33. The van der Waals surface area contributed by atoms with Crippen LogP contribution in [0.5, 0.6) is 0 Å². The van der Waals surface area contributed by atoms with Crippen LogP contribution in [-0.2, 0) is 5.41 Å². The van der Waals surface area contributed by atoms with Crippen molar-refractivity contribution in [3.63, 3.8) is 0 Å². The van der Waals surface area contributed by atoms with E-state index in [0.29, 0.717) is 5.92 Å². The van der Waals surface area contributed by atoms with Crippen molar-refractivity contribution >= 4 is 78.0 Å². The largest absolute Gasteiger partial charge is 0.311 e. The third-order valence-electron chi connectivity index (χ3n) is 15.8. The van der Waals surface area contributed by atoms with Gasteiger partial charge >= 0.3 is 0 Å². The third-order valence-corrected chi connectivity index (χ3v) is 17.0. The first-order chi connectivity index (χ1) is 33.2. The molecule has 4 aliphatic rings. The molecule has 0 atom stereocenters. The molecule has 0 fully saturated rings. The van der Waals surface area contributed by atoms with E-state index in [1.165, 1.54) is 143 Å². The van der Waals surface area contributed by atoms with Crippen LogP contribution < -0.4 is 25.5 Å². The van der Waals surface area contributed by atoms with Crippen LogP contribution in [0.2, 0.25) is 0 Å². The highest BCUT2D eigenvalue weighted by atomic mass is 32.1. The highest BCUT2D eigenvalue weighted by Crippen LogP contribution is 2.64. The van der Waals surface area contributed by atoms with Gasteiger partial charge in [0.1, 0.15) is 0 Å². The molecule has 0 unspecified atom stereocenters. The molecule has 0 saturated carbocycles. The summed E-state index contributed by atoms with van der Waals surface area (Å²) in [6.07, 6.45) is 0. The molecule has 1 aromatic heterocycles. The van der Waals surface area contributed by atoms with Gasteiger partial charge in [0.25, 0.3) is 6.71 Å². The molecule has 14 rings (SSSR count). The number of benzene rings is 9. The van der Waals surface area contributed by atoms with Gasteiger partial charge in [0, 0.05) is 43.3 Å². The molecule has 68 heavy (non-hydrogen) atoms. The summed E-state index contributed by atoms with van der Waals surface area (Å²) in [5, 5.41) is 1.31. The molecule has 9 aromatic carbocycles. The molecular formula is C64H49BN2S. The molecule has 0 N–H and O–H groups in total. The molecule has 0 radical (unpaired) electrons. The van der Waals surface area contributed by atoms with Crippen molar-refractivity contribution in [2.24, 2.45) is 0 Å². The second kappa shape index (κ2) is 14.3. The molecule has 4 heteroatoms. The molecule has 0 saturated heterocycles. The second-order valence-electron chi connectivity index (χ2n) is 20.0. The summed E-state index contributed by atoms with van der Waals surface area (Å²) in [7, 11) is 0. The van der Waals surface area contributed by atoms with Crippen molar-refractivity contribution in [1.29, 1.82) is 0 Å². The van der Waals surface area contributed by atoms with Gasteiger partial charge in [-0.3, -0.25) is 0 Å². The number of hydrogen-bond donors (Lipinski definition) is 0. The minimum absolute atomic E-state index is 0.0225. The summed E-state index contributed by atoms with van der Waals surface area (Å²) in [5.74, 6) is 0.410. The molecule has 1 spiro atoms.